The Morgan fingerprint density at radius 1 is 1.77 bits per heavy atom. The monoisotopic (exact) mass is 199 g/mol. The standard InChI is InChI=1S/C8H9NO3S/c10-5-9-6(4-8(11)12)7-2-1-3-13-7/h1-3,5-6H,4H2,(H,9,10)(H,11,12)/t6-/m1/s1. The topological polar surface area (TPSA) is 66.4 Å². The van der Waals surface area contributed by atoms with Crippen molar-refractivity contribution in [2.24, 2.45) is 0 Å². The van der Waals surface area contributed by atoms with Gasteiger partial charge in [-0.25, -0.2) is 0 Å². The van der Waals surface area contributed by atoms with Crippen molar-refractivity contribution in [3.05, 3.63) is 22.4 Å². The first-order valence-corrected chi connectivity index (χ1v) is 4.57. The summed E-state index contributed by atoms with van der Waals surface area (Å²) in [4.78, 5) is 21.5. The fourth-order valence-corrected chi connectivity index (χ4v) is 1.77. The van der Waals surface area contributed by atoms with E-state index in [0.29, 0.717) is 6.41 Å². The SMILES string of the molecule is O=CN[C@H](CC(=O)O)c1cccs1. The number of carbonyl (C=O) groups is 2. The molecule has 1 heterocycles. The van der Waals surface area contributed by atoms with E-state index in [1.54, 1.807) is 6.07 Å². The van der Waals surface area contributed by atoms with Crippen molar-refractivity contribution < 1.29 is 14.7 Å². The lowest BCUT2D eigenvalue weighted by molar-refractivity contribution is -0.137. The van der Waals surface area contributed by atoms with Crippen LogP contribution in [0.4, 0.5) is 0 Å². The number of hydrogen-bond acceptors (Lipinski definition) is 3. The van der Waals surface area contributed by atoms with E-state index in [0.717, 1.165) is 4.88 Å². The van der Waals surface area contributed by atoms with Gasteiger partial charge in [0.05, 0.1) is 12.5 Å². The molecule has 1 aromatic heterocycles. The Morgan fingerprint density at radius 2 is 2.54 bits per heavy atom. The number of thiophene rings is 1. The molecule has 0 aromatic carbocycles. The second-order valence-electron chi connectivity index (χ2n) is 2.45. The van der Waals surface area contributed by atoms with Crippen LogP contribution in [-0.4, -0.2) is 17.5 Å². The maximum absolute atomic E-state index is 10.4. The van der Waals surface area contributed by atoms with Crippen molar-refractivity contribution in [2.45, 2.75) is 12.5 Å². The average Bonchev–Trinajstić information content (AvgIpc) is 2.54. The number of rotatable bonds is 5. The summed E-state index contributed by atoms with van der Waals surface area (Å²) >= 11 is 1.43. The van der Waals surface area contributed by atoms with Crippen LogP contribution < -0.4 is 5.32 Å². The Hall–Kier alpha value is -1.36. The Kier molecular flexibility index (Phi) is 3.45. The summed E-state index contributed by atoms with van der Waals surface area (Å²) in [5, 5.41) is 12.9. The van der Waals surface area contributed by atoms with Crippen molar-refractivity contribution in [1.82, 2.24) is 5.32 Å². The Labute approximate surface area is 79.2 Å². The van der Waals surface area contributed by atoms with Crippen LogP contribution in [0.15, 0.2) is 17.5 Å². The number of carboxylic acids is 1. The van der Waals surface area contributed by atoms with Gasteiger partial charge in [0.25, 0.3) is 0 Å². The molecule has 2 N–H and O–H groups in total. The third-order valence-electron chi connectivity index (χ3n) is 1.53. The predicted molar refractivity (Wildman–Crippen MR) is 48.5 cm³/mol. The maximum Gasteiger partial charge on any atom is 0.305 e. The Bertz CT molecular complexity index is 284. The third kappa shape index (κ3) is 2.87. The van der Waals surface area contributed by atoms with E-state index in [1.165, 1.54) is 11.3 Å². The molecule has 0 bridgehead atoms. The molecular weight excluding hydrogens is 190 g/mol. The molecule has 0 saturated carbocycles. The number of nitrogens with one attached hydrogen (secondary N) is 1. The number of carboxylic acid groups (broad SMARTS) is 1. The van der Waals surface area contributed by atoms with Gasteiger partial charge in [0.15, 0.2) is 0 Å². The lowest BCUT2D eigenvalue weighted by atomic mass is 10.2. The molecule has 0 aliphatic heterocycles. The van der Waals surface area contributed by atoms with Gasteiger partial charge in [-0.05, 0) is 11.4 Å². The Morgan fingerprint density at radius 3 is 3.00 bits per heavy atom. The van der Waals surface area contributed by atoms with Crippen LogP contribution in [0.25, 0.3) is 0 Å². The summed E-state index contributed by atoms with van der Waals surface area (Å²) in [5.74, 6) is -0.923. The average molecular weight is 199 g/mol. The van der Waals surface area contributed by atoms with E-state index in [9.17, 15) is 9.59 Å². The van der Waals surface area contributed by atoms with Crippen LogP contribution in [0.5, 0.6) is 0 Å². The summed E-state index contributed by atoms with van der Waals surface area (Å²) in [5.41, 5.74) is 0. The number of amides is 1. The molecule has 0 spiro atoms. The van der Waals surface area contributed by atoms with Gasteiger partial charge in [0.2, 0.25) is 6.41 Å². The third-order valence-corrected chi connectivity index (χ3v) is 2.52. The zero-order valence-corrected chi connectivity index (χ0v) is 7.58. The van der Waals surface area contributed by atoms with Gasteiger partial charge in [0.1, 0.15) is 0 Å². The molecule has 1 aromatic rings. The molecule has 0 saturated heterocycles. The largest absolute Gasteiger partial charge is 0.481 e. The number of aliphatic carboxylic acids is 1. The number of hydrogen-bond donors (Lipinski definition) is 2. The van der Waals surface area contributed by atoms with Gasteiger partial charge >= 0.3 is 5.97 Å². The second-order valence-corrected chi connectivity index (χ2v) is 3.43. The minimum Gasteiger partial charge on any atom is -0.481 e. The van der Waals surface area contributed by atoms with Crippen molar-refractivity contribution >= 4 is 23.7 Å². The molecule has 0 unspecified atom stereocenters. The highest BCUT2D eigenvalue weighted by Crippen LogP contribution is 2.21. The first-order chi connectivity index (χ1) is 6.24. The fraction of sp³-hybridized carbons (Fsp3) is 0.250. The van der Waals surface area contributed by atoms with Crippen molar-refractivity contribution in [3.8, 4) is 0 Å². The molecule has 70 valence electrons. The van der Waals surface area contributed by atoms with Crippen molar-refractivity contribution in [3.63, 3.8) is 0 Å². The molecule has 5 heteroatoms. The van der Waals surface area contributed by atoms with Gasteiger partial charge in [-0.3, -0.25) is 9.59 Å². The Balaban J connectivity index is 2.67. The predicted octanol–water partition coefficient (Wildman–Crippen LogP) is 1.01. The van der Waals surface area contributed by atoms with E-state index in [-0.39, 0.29) is 6.42 Å². The second kappa shape index (κ2) is 4.61. The van der Waals surface area contributed by atoms with Crippen LogP contribution in [-0.2, 0) is 9.59 Å². The van der Waals surface area contributed by atoms with Crippen LogP contribution in [0, 0.1) is 0 Å². The molecule has 1 atom stereocenters. The van der Waals surface area contributed by atoms with E-state index >= 15 is 0 Å². The van der Waals surface area contributed by atoms with Gasteiger partial charge in [-0.15, -0.1) is 11.3 Å². The summed E-state index contributed by atoms with van der Waals surface area (Å²) in [6, 6.07) is 3.21. The smallest absolute Gasteiger partial charge is 0.305 e. The lowest BCUT2D eigenvalue weighted by Gasteiger charge is -2.10. The van der Waals surface area contributed by atoms with Crippen LogP contribution in [0.2, 0.25) is 0 Å². The summed E-state index contributed by atoms with van der Waals surface area (Å²) in [7, 11) is 0. The first kappa shape index (κ1) is 9.73. The molecule has 1 amide bonds. The van der Waals surface area contributed by atoms with Crippen LogP contribution in [0.1, 0.15) is 17.3 Å². The van der Waals surface area contributed by atoms with E-state index < -0.39 is 12.0 Å². The van der Waals surface area contributed by atoms with Gasteiger partial charge in [-0.2, -0.15) is 0 Å². The highest BCUT2D eigenvalue weighted by Gasteiger charge is 2.14. The fourth-order valence-electron chi connectivity index (χ4n) is 0.988. The van der Waals surface area contributed by atoms with Crippen molar-refractivity contribution in [2.75, 3.05) is 0 Å². The summed E-state index contributed by atoms with van der Waals surface area (Å²) in [6.45, 7) is 0. The van der Waals surface area contributed by atoms with E-state index in [4.69, 9.17) is 5.11 Å². The molecule has 0 fully saturated rings. The summed E-state index contributed by atoms with van der Waals surface area (Å²) < 4.78 is 0. The molecule has 0 aliphatic rings. The van der Waals surface area contributed by atoms with E-state index in [2.05, 4.69) is 5.32 Å². The molecular formula is C8H9NO3S. The molecule has 0 radical (unpaired) electrons. The minimum atomic E-state index is -0.923. The normalized spacial score (nSPS) is 12.0. The molecule has 13 heavy (non-hydrogen) atoms. The van der Waals surface area contributed by atoms with Gasteiger partial charge in [-0.1, -0.05) is 6.07 Å². The van der Waals surface area contributed by atoms with Crippen LogP contribution >= 0.6 is 11.3 Å². The minimum absolute atomic E-state index is 0.0841. The quantitative estimate of drug-likeness (QED) is 0.695. The van der Waals surface area contributed by atoms with E-state index in [1.807, 2.05) is 11.4 Å². The summed E-state index contributed by atoms with van der Waals surface area (Å²) in [6.07, 6.45) is 0.437. The highest BCUT2D eigenvalue weighted by atomic mass is 32.1. The highest BCUT2D eigenvalue weighted by molar-refractivity contribution is 7.10. The zero-order chi connectivity index (χ0) is 9.68. The molecule has 4 nitrogen and oxygen atoms in total. The maximum atomic E-state index is 10.4. The van der Waals surface area contributed by atoms with Gasteiger partial charge < -0.3 is 10.4 Å². The zero-order valence-electron chi connectivity index (χ0n) is 6.77. The number of carbonyl (C=O) groups excluding carboxylic acids is 1. The lowest BCUT2D eigenvalue weighted by Crippen LogP contribution is -2.21. The molecule has 1 rings (SSSR count). The van der Waals surface area contributed by atoms with Crippen molar-refractivity contribution in [1.29, 1.82) is 0 Å². The van der Waals surface area contributed by atoms with Gasteiger partial charge in [0, 0.05) is 4.88 Å². The molecule has 0 aliphatic carbocycles. The first-order valence-electron chi connectivity index (χ1n) is 3.69. The van der Waals surface area contributed by atoms with Crippen LogP contribution in [0.3, 0.4) is 0 Å².